The van der Waals surface area contributed by atoms with Crippen LogP contribution in [0.4, 0.5) is 0 Å². The SMILES string of the molecule is Cc1cnc(C(C)CNCc2cnc[nH]2)s1. The van der Waals surface area contributed by atoms with Gasteiger partial charge in [0.05, 0.1) is 11.3 Å². The van der Waals surface area contributed by atoms with Crippen LogP contribution in [0.5, 0.6) is 0 Å². The van der Waals surface area contributed by atoms with Crippen LogP contribution in [0.1, 0.15) is 28.4 Å². The average Bonchev–Trinajstić information content (AvgIpc) is 2.89. The second-order valence-electron chi connectivity index (χ2n) is 3.92. The maximum atomic E-state index is 4.39. The zero-order chi connectivity index (χ0) is 11.4. The molecular formula is C11H16N4S. The van der Waals surface area contributed by atoms with E-state index in [9.17, 15) is 0 Å². The molecule has 2 aromatic rings. The summed E-state index contributed by atoms with van der Waals surface area (Å²) < 4.78 is 0. The Morgan fingerprint density at radius 2 is 2.38 bits per heavy atom. The zero-order valence-corrected chi connectivity index (χ0v) is 10.3. The molecular weight excluding hydrogens is 220 g/mol. The van der Waals surface area contributed by atoms with E-state index in [1.54, 1.807) is 17.7 Å². The summed E-state index contributed by atoms with van der Waals surface area (Å²) in [6.07, 6.45) is 5.47. The number of hydrogen-bond donors (Lipinski definition) is 2. The quantitative estimate of drug-likeness (QED) is 0.835. The molecule has 0 radical (unpaired) electrons. The highest BCUT2D eigenvalue weighted by Gasteiger charge is 2.08. The van der Waals surface area contributed by atoms with Gasteiger partial charge in [-0.3, -0.25) is 0 Å². The molecule has 0 saturated heterocycles. The summed E-state index contributed by atoms with van der Waals surface area (Å²) in [6, 6.07) is 0. The van der Waals surface area contributed by atoms with Gasteiger partial charge in [0, 0.05) is 42.0 Å². The number of rotatable bonds is 5. The monoisotopic (exact) mass is 236 g/mol. The van der Waals surface area contributed by atoms with E-state index in [-0.39, 0.29) is 0 Å². The highest BCUT2D eigenvalue weighted by molar-refractivity contribution is 7.11. The van der Waals surface area contributed by atoms with Gasteiger partial charge in [-0.2, -0.15) is 0 Å². The van der Waals surface area contributed by atoms with Crippen molar-refractivity contribution in [2.45, 2.75) is 26.3 Å². The average molecular weight is 236 g/mol. The molecule has 5 heteroatoms. The Morgan fingerprint density at radius 1 is 1.50 bits per heavy atom. The Bertz CT molecular complexity index is 421. The molecule has 2 heterocycles. The Labute approximate surface area is 99.2 Å². The van der Waals surface area contributed by atoms with Crippen molar-refractivity contribution in [2.24, 2.45) is 0 Å². The van der Waals surface area contributed by atoms with Crippen LogP contribution in [0.15, 0.2) is 18.7 Å². The molecule has 0 aromatic carbocycles. The Balaban J connectivity index is 1.78. The second kappa shape index (κ2) is 5.23. The molecule has 0 aliphatic heterocycles. The number of thiazole rings is 1. The van der Waals surface area contributed by atoms with Crippen molar-refractivity contribution >= 4 is 11.3 Å². The summed E-state index contributed by atoms with van der Waals surface area (Å²) >= 11 is 1.77. The lowest BCUT2D eigenvalue weighted by atomic mass is 10.2. The molecule has 1 unspecified atom stereocenters. The van der Waals surface area contributed by atoms with Gasteiger partial charge in [-0.25, -0.2) is 9.97 Å². The Hall–Kier alpha value is -1.20. The predicted octanol–water partition coefficient (Wildman–Crippen LogP) is 2.07. The zero-order valence-electron chi connectivity index (χ0n) is 9.53. The molecule has 0 aliphatic carbocycles. The van der Waals surface area contributed by atoms with Crippen molar-refractivity contribution in [3.63, 3.8) is 0 Å². The van der Waals surface area contributed by atoms with Crippen molar-refractivity contribution in [3.05, 3.63) is 34.3 Å². The fourth-order valence-electron chi connectivity index (χ4n) is 1.49. The van der Waals surface area contributed by atoms with Crippen molar-refractivity contribution in [1.82, 2.24) is 20.3 Å². The standard InChI is InChI=1S/C11H16N4S/c1-8(11-14-4-9(2)16-11)3-12-5-10-6-13-7-15-10/h4,6-8,12H,3,5H2,1-2H3,(H,13,15). The van der Waals surface area contributed by atoms with Crippen LogP contribution in [0.2, 0.25) is 0 Å². The van der Waals surface area contributed by atoms with Gasteiger partial charge in [-0.15, -0.1) is 11.3 Å². The highest BCUT2D eigenvalue weighted by atomic mass is 32.1. The first kappa shape index (κ1) is 11.3. The third-order valence-corrected chi connectivity index (χ3v) is 3.53. The highest BCUT2D eigenvalue weighted by Crippen LogP contribution is 2.20. The normalized spacial score (nSPS) is 12.9. The van der Waals surface area contributed by atoms with Crippen LogP contribution >= 0.6 is 11.3 Å². The molecule has 4 nitrogen and oxygen atoms in total. The lowest BCUT2D eigenvalue weighted by Crippen LogP contribution is -2.19. The lowest BCUT2D eigenvalue weighted by molar-refractivity contribution is 0.607. The molecule has 16 heavy (non-hydrogen) atoms. The summed E-state index contributed by atoms with van der Waals surface area (Å²) in [7, 11) is 0. The van der Waals surface area contributed by atoms with E-state index in [4.69, 9.17) is 0 Å². The maximum Gasteiger partial charge on any atom is 0.0968 e. The first-order valence-electron chi connectivity index (χ1n) is 5.36. The summed E-state index contributed by atoms with van der Waals surface area (Å²) in [4.78, 5) is 12.7. The largest absolute Gasteiger partial charge is 0.347 e. The Morgan fingerprint density at radius 3 is 3.00 bits per heavy atom. The Kier molecular flexibility index (Phi) is 3.69. The topological polar surface area (TPSA) is 53.6 Å². The number of nitrogens with one attached hydrogen (secondary N) is 2. The van der Waals surface area contributed by atoms with E-state index in [1.807, 2.05) is 12.4 Å². The molecule has 0 bridgehead atoms. The molecule has 2 N–H and O–H groups in total. The summed E-state index contributed by atoms with van der Waals surface area (Å²) in [5, 5.41) is 4.59. The smallest absolute Gasteiger partial charge is 0.0968 e. The molecule has 1 atom stereocenters. The summed E-state index contributed by atoms with van der Waals surface area (Å²) in [5.74, 6) is 0.460. The summed E-state index contributed by atoms with van der Waals surface area (Å²) in [5.41, 5.74) is 1.11. The van der Waals surface area contributed by atoms with E-state index in [0.717, 1.165) is 18.8 Å². The van der Waals surface area contributed by atoms with Crippen LogP contribution < -0.4 is 5.32 Å². The van der Waals surface area contributed by atoms with Crippen molar-refractivity contribution in [3.8, 4) is 0 Å². The minimum atomic E-state index is 0.460. The molecule has 0 fully saturated rings. The van der Waals surface area contributed by atoms with Gasteiger partial charge in [0.15, 0.2) is 0 Å². The van der Waals surface area contributed by atoms with Gasteiger partial charge < -0.3 is 10.3 Å². The van der Waals surface area contributed by atoms with Crippen LogP contribution in [-0.4, -0.2) is 21.5 Å². The van der Waals surface area contributed by atoms with Crippen molar-refractivity contribution in [1.29, 1.82) is 0 Å². The molecule has 0 saturated carbocycles. The summed E-state index contributed by atoms with van der Waals surface area (Å²) in [6.45, 7) is 6.05. The molecule has 0 spiro atoms. The first-order chi connectivity index (χ1) is 7.75. The minimum absolute atomic E-state index is 0.460. The van der Waals surface area contributed by atoms with Crippen LogP contribution in [0, 0.1) is 6.92 Å². The van der Waals surface area contributed by atoms with Crippen molar-refractivity contribution in [2.75, 3.05) is 6.54 Å². The molecule has 2 aromatic heterocycles. The fraction of sp³-hybridized carbons (Fsp3) is 0.455. The van der Waals surface area contributed by atoms with E-state index in [2.05, 4.69) is 34.1 Å². The van der Waals surface area contributed by atoms with Gasteiger partial charge in [0.1, 0.15) is 0 Å². The van der Waals surface area contributed by atoms with Gasteiger partial charge >= 0.3 is 0 Å². The number of aryl methyl sites for hydroxylation is 1. The van der Waals surface area contributed by atoms with Crippen molar-refractivity contribution < 1.29 is 0 Å². The number of H-pyrrole nitrogens is 1. The number of nitrogens with zero attached hydrogens (tertiary/aromatic N) is 2. The van der Waals surface area contributed by atoms with Crippen LogP contribution in [-0.2, 0) is 6.54 Å². The third-order valence-electron chi connectivity index (χ3n) is 2.38. The van der Waals surface area contributed by atoms with E-state index in [0.29, 0.717) is 5.92 Å². The van der Waals surface area contributed by atoms with Crippen LogP contribution in [0.3, 0.4) is 0 Å². The third kappa shape index (κ3) is 2.90. The molecule has 2 rings (SSSR count). The minimum Gasteiger partial charge on any atom is -0.347 e. The van der Waals surface area contributed by atoms with E-state index < -0.39 is 0 Å². The van der Waals surface area contributed by atoms with E-state index in [1.165, 1.54) is 9.88 Å². The maximum absolute atomic E-state index is 4.39. The van der Waals surface area contributed by atoms with Gasteiger partial charge in [-0.05, 0) is 6.92 Å². The fourth-order valence-corrected chi connectivity index (χ4v) is 2.32. The second-order valence-corrected chi connectivity index (χ2v) is 5.18. The number of hydrogen-bond acceptors (Lipinski definition) is 4. The lowest BCUT2D eigenvalue weighted by Gasteiger charge is -2.08. The van der Waals surface area contributed by atoms with Crippen LogP contribution in [0.25, 0.3) is 0 Å². The number of aromatic nitrogens is 3. The number of aromatic amines is 1. The molecule has 0 aliphatic rings. The predicted molar refractivity (Wildman–Crippen MR) is 65.6 cm³/mol. The molecule has 0 amide bonds. The molecule has 86 valence electrons. The van der Waals surface area contributed by atoms with Gasteiger partial charge in [-0.1, -0.05) is 6.92 Å². The first-order valence-corrected chi connectivity index (χ1v) is 6.17. The number of imidazole rings is 1. The van der Waals surface area contributed by atoms with Gasteiger partial charge in [0.2, 0.25) is 0 Å². The van der Waals surface area contributed by atoms with Gasteiger partial charge in [0.25, 0.3) is 0 Å². The van der Waals surface area contributed by atoms with E-state index >= 15 is 0 Å².